The van der Waals surface area contributed by atoms with Crippen molar-refractivity contribution < 1.29 is 70.2 Å². The number of hydrogen-bond donors (Lipinski definition) is 11. The van der Waals surface area contributed by atoms with E-state index in [2.05, 4.69) is 19.6 Å². The van der Waals surface area contributed by atoms with Gasteiger partial charge in [-0.05, 0) is 98.0 Å². The number of rotatable bonds is 23. The summed E-state index contributed by atoms with van der Waals surface area (Å²) >= 11 is 3.77. The van der Waals surface area contributed by atoms with Gasteiger partial charge in [-0.1, -0.05) is 114 Å². The molecule has 0 atom stereocenters. The quantitative estimate of drug-likeness (QED) is 0.0315. The Kier molecular flexibility index (Phi) is 34.2. The van der Waals surface area contributed by atoms with Crippen LogP contribution in [0.5, 0.6) is 17.2 Å². The number of carboxylic acid groups (broad SMARTS) is 3. The molecule has 0 saturated carbocycles. The standard InChI is InChI=1S/C15H30OS.3C10H12O3.C5H12O4/c1-2-3-4-5-6-7-8-9-10-11-12-13-14-15(16)17;3*1-6-3-8(5-9(11)12)4-7(2)10(6)13;6-1-5(2-7,3-8)4-9/h2-14H2,1H3,(H,16,17);3*3-4,13H,5H2,1-2H3,(H,11,12);6-9H,1-4H2. The number of unbranched alkanes of at least 4 members (excludes halogenated alkanes) is 11. The minimum atomic E-state index is -1.11. The van der Waals surface area contributed by atoms with Crippen LogP contribution in [0.1, 0.15) is 140 Å². The molecule has 0 aliphatic heterocycles. The fourth-order valence-corrected chi connectivity index (χ4v) is 6.54. The van der Waals surface area contributed by atoms with E-state index in [1.165, 1.54) is 70.6 Å². The van der Waals surface area contributed by atoms with Crippen LogP contribution in [0.2, 0.25) is 0 Å². The monoisotopic (exact) mass is 935 g/mol. The van der Waals surface area contributed by atoms with Crippen molar-refractivity contribution in [2.24, 2.45) is 5.41 Å². The number of phenolic OH excluding ortho intramolecular Hbond substituents is 3. The zero-order valence-electron chi connectivity index (χ0n) is 39.7. The van der Waals surface area contributed by atoms with Gasteiger partial charge in [0.05, 0.1) is 51.1 Å². The molecule has 0 radical (unpaired) electrons. The van der Waals surface area contributed by atoms with Crippen LogP contribution in [0.15, 0.2) is 36.4 Å². The average Bonchev–Trinajstić information content (AvgIpc) is 3.22. The van der Waals surface area contributed by atoms with Crippen LogP contribution >= 0.6 is 12.6 Å². The number of thiol groups is 1. The van der Waals surface area contributed by atoms with Gasteiger partial charge in [-0.25, -0.2) is 0 Å². The molecule has 3 aromatic carbocycles. The first-order valence-corrected chi connectivity index (χ1v) is 22.7. The van der Waals surface area contributed by atoms with Crippen molar-refractivity contribution in [2.75, 3.05) is 26.4 Å². The molecule has 15 heteroatoms. The summed E-state index contributed by atoms with van der Waals surface area (Å²) in [6, 6.07) is 10.1. The third-order valence-electron chi connectivity index (χ3n) is 10.3. The SMILES string of the molecule is CCCCCCCCCCCCCCC(=O)S.Cc1cc(CC(=O)O)cc(C)c1O.Cc1cc(CC(=O)O)cc(C)c1O.Cc1cc(CC(=O)O)cc(C)c1O.OCC(CO)(CO)CO. The molecule has 0 amide bonds. The zero-order valence-corrected chi connectivity index (χ0v) is 40.6. The highest BCUT2D eigenvalue weighted by molar-refractivity contribution is 7.96. The van der Waals surface area contributed by atoms with Crippen molar-refractivity contribution in [3.63, 3.8) is 0 Å². The third kappa shape index (κ3) is 29.5. The van der Waals surface area contributed by atoms with Crippen LogP contribution in [-0.4, -0.2) is 101 Å². The van der Waals surface area contributed by atoms with Crippen molar-refractivity contribution in [1.82, 2.24) is 0 Å². The summed E-state index contributed by atoms with van der Waals surface area (Å²) in [4.78, 5) is 41.8. The lowest BCUT2D eigenvalue weighted by Gasteiger charge is -2.23. The molecule has 0 aliphatic rings. The van der Waals surface area contributed by atoms with E-state index in [-0.39, 0.29) is 41.6 Å². The normalized spacial score (nSPS) is 10.5. The number of benzene rings is 3. The first-order valence-electron chi connectivity index (χ1n) is 22.2. The van der Waals surface area contributed by atoms with Crippen LogP contribution in [0.25, 0.3) is 0 Å². The highest BCUT2D eigenvalue weighted by atomic mass is 32.1. The van der Waals surface area contributed by atoms with Gasteiger partial charge < -0.3 is 51.1 Å². The maximum Gasteiger partial charge on any atom is 0.307 e. The molecule has 3 rings (SSSR count). The predicted molar refractivity (Wildman–Crippen MR) is 257 cm³/mol. The Morgan fingerprint density at radius 3 is 0.815 bits per heavy atom. The minimum absolute atomic E-state index is 0.00194. The Labute approximate surface area is 391 Å². The van der Waals surface area contributed by atoms with Gasteiger partial charge in [-0.15, -0.1) is 12.6 Å². The lowest BCUT2D eigenvalue weighted by Crippen LogP contribution is -2.37. The topological polar surface area (TPSA) is 271 Å². The smallest absolute Gasteiger partial charge is 0.307 e. The summed E-state index contributed by atoms with van der Waals surface area (Å²) in [5.41, 5.74) is 5.37. The molecule has 0 saturated heterocycles. The summed E-state index contributed by atoms with van der Waals surface area (Å²) in [6.07, 6.45) is 16.7. The van der Waals surface area contributed by atoms with Gasteiger partial charge in [0.15, 0.2) is 5.12 Å². The van der Waals surface area contributed by atoms with Crippen LogP contribution in [0, 0.1) is 47.0 Å². The van der Waals surface area contributed by atoms with E-state index >= 15 is 0 Å². The Morgan fingerprint density at radius 1 is 0.431 bits per heavy atom. The van der Waals surface area contributed by atoms with Crippen LogP contribution < -0.4 is 0 Å². The highest BCUT2D eigenvalue weighted by Crippen LogP contribution is 2.25. The zero-order chi connectivity index (χ0) is 50.1. The molecule has 0 heterocycles. The van der Waals surface area contributed by atoms with Gasteiger partial charge in [0.25, 0.3) is 0 Å². The van der Waals surface area contributed by atoms with Gasteiger partial charge in [0.1, 0.15) is 17.2 Å². The number of aryl methyl sites for hydroxylation is 6. The summed E-state index contributed by atoms with van der Waals surface area (Å²) < 4.78 is 0. The van der Waals surface area contributed by atoms with E-state index in [4.69, 9.17) is 35.7 Å². The minimum Gasteiger partial charge on any atom is -0.507 e. The first-order chi connectivity index (χ1) is 30.5. The number of aliphatic hydroxyl groups is 4. The molecule has 10 N–H and O–H groups in total. The molecule has 0 aliphatic carbocycles. The highest BCUT2D eigenvalue weighted by Gasteiger charge is 2.26. The molecule has 3 aromatic rings. The number of aliphatic hydroxyl groups excluding tert-OH is 4. The summed E-state index contributed by atoms with van der Waals surface area (Å²) in [6.45, 7) is 11.2. The molecular weight excluding hydrogens is 857 g/mol. The molecule has 14 nitrogen and oxygen atoms in total. The number of phenols is 3. The second-order valence-corrected chi connectivity index (χ2v) is 17.1. The van der Waals surface area contributed by atoms with Crippen molar-refractivity contribution in [3.8, 4) is 17.2 Å². The molecule has 0 bridgehead atoms. The summed E-state index contributed by atoms with van der Waals surface area (Å²) in [5.74, 6) is -1.84. The molecule has 0 unspecified atom stereocenters. The van der Waals surface area contributed by atoms with Gasteiger partial charge in [-0.2, -0.15) is 0 Å². The number of aromatic hydroxyl groups is 3. The number of carbonyl (C=O) groups excluding carboxylic acids is 1. The predicted octanol–water partition coefficient (Wildman–Crippen LogP) is 8.38. The Balaban J connectivity index is 0. The van der Waals surface area contributed by atoms with Gasteiger partial charge in [-0.3, -0.25) is 19.2 Å². The molecule has 0 aromatic heterocycles. The second kappa shape index (κ2) is 35.6. The second-order valence-electron chi connectivity index (χ2n) is 16.6. The Hall–Kier alpha value is -4.67. The van der Waals surface area contributed by atoms with Crippen molar-refractivity contribution in [1.29, 1.82) is 0 Å². The average molecular weight is 935 g/mol. The fourth-order valence-electron chi connectivity index (χ4n) is 6.38. The van der Waals surface area contributed by atoms with E-state index in [1.807, 2.05) is 0 Å². The lowest BCUT2D eigenvalue weighted by molar-refractivity contribution is -0.137. The van der Waals surface area contributed by atoms with Crippen LogP contribution in [0.4, 0.5) is 0 Å². The molecule has 368 valence electrons. The van der Waals surface area contributed by atoms with E-state index in [9.17, 15) is 34.5 Å². The van der Waals surface area contributed by atoms with Crippen molar-refractivity contribution in [2.45, 2.75) is 151 Å². The first kappa shape index (κ1) is 62.4. The Morgan fingerprint density at radius 2 is 0.646 bits per heavy atom. The fraction of sp³-hybridized carbons (Fsp3) is 0.560. The van der Waals surface area contributed by atoms with Gasteiger partial charge in [0.2, 0.25) is 0 Å². The summed E-state index contributed by atoms with van der Waals surface area (Å²) in [7, 11) is 0. The van der Waals surface area contributed by atoms with Gasteiger partial charge >= 0.3 is 17.9 Å². The van der Waals surface area contributed by atoms with Crippen LogP contribution in [0.3, 0.4) is 0 Å². The number of aliphatic carboxylic acids is 3. The maximum atomic E-state index is 10.6. The van der Waals surface area contributed by atoms with Crippen molar-refractivity contribution >= 4 is 35.7 Å². The largest absolute Gasteiger partial charge is 0.507 e. The van der Waals surface area contributed by atoms with Crippen LogP contribution in [-0.2, 0) is 38.4 Å². The molecule has 65 heavy (non-hydrogen) atoms. The number of hydrogen-bond acceptors (Lipinski definition) is 11. The molecular formula is C50H78O14S. The maximum absolute atomic E-state index is 10.6. The van der Waals surface area contributed by atoms with E-state index in [0.717, 1.165) is 56.5 Å². The van der Waals surface area contributed by atoms with E-state index in [0.29, 0.717) is 6.42 Å². The Bertz CT molecular complexity index is 1600. The van der Waals surface area contributed by atoms with Crippen molar-refractivity contribution in [3.05, 3.63) is 86.5 Å². The van der Waals surface area contributed by atoms with Gasteiger partial charge in [0, 0.05) is 6.42 Å². The molecule has 0 fully saturated rings. The van der Waals surface area contributed by atoms with E-state index in [1.54, 1.807) is 77.9 Å². The summed E-state index contributed by atoms with van der Waals surface area (Å²) in [5, 5.41) is 87.9. The lowest BCUT2D eigenvalue weighted by atomic mass is 9.93. The number of carboxylic acids is 3. The number of carbonyl (C=O) groups is 4. The third-order valence-corrected chi connectivity index (χ3v) is 10.5. The van der Waals surface area contributed by atoms with E-state index < -0.39 is 49.8 Å². The molecule has 0 spiro atoms.